The smallest absolute Gasteiger partial charge is 0.160 e. The lowest BCUT2D eigenvalue weighted by Crippen LogP contribution is -2.76. The standard InChI is InChI=1S/C18H16F2N6/c19-12-2-1-11(7-13(12)20)24-17-16-14(21-10-22-17)3-4-15(25-16)26-8-18(9-26)5-6-23-18/h1-4,7,10,23H,5-6,8-9H2,(H,21,22,24). The Morgan fingerprint density at radius 1 is 1.08 bits per heavy atom. The molecule has 0 amide bonds. The van der Waals surface area contributed by atoms with Crippen molar-refractivity contribution in [2.75, 3.05) is 29.9 Å². The number of rotatable bonds is 3. The van der Waals surface area contributed by atoms with Crippen LogP contribution in [0.15, 0.2) is 36.7 Å². The van der Waals surface area contributed by atoms with E-state index in [0.29, 0.717) is 22.5 Å². The van der Waals surface area contributed by atoms with Crippen molar-refractivity contribution in [1.82, 2.24) is 20.3 Å². The number of nitrogens with one attached hydrogen (secondary N) is 2. The van der Waals surface area contributed by atoms with Gasteiger partial charge in [0.15, 0.2) is 17.5 Å². The van der Waals surface area contributed by atoms with Gasteiger partial charge in [0.05, 0.1) is 11.1 Å². The number of hydrogen-bond acceptors (Lipinski definition) is 6. The molecule has 1 spiro atoms. The first kappa shape index (κ1) is 15.4. The first-order chi connectivity index (χ1) is 12.6. The van der Waals surface area contributed by atoms with Gasteiger partial charge in [0.2, 0.25) is 0 Å². The minimum Gasteiger partial charge on any atom is -0.353 e. The molecule has 0 aliphatic carbocycles. The van der Waals surface area contributed by atoms with Crippen molar-refractivity contribution < 1.29 is 8.78 Å². The number of pyridine rings is 1. The van der Waals surface area contributed by atoms with Crippen LogP contribution in [0, 0.1) is 11.6 Å². The maximum absolute atomic E-state index is 13.5. The Hall–Kier alpha value is -2.87. The lowest BCUT2D eigenvalue weighted by Gasteiger charge is -2.56. The number of fused-ring (bicyclic) bond motifs is 1. The summed E-state index contributed by atoms with van der Waals surface area (Å²) >= 11 is 0. The highest BCUT2D eigenvalue weighted by Crippen LogP contribution is 2.34. The Morgan fingerprint density at radius 2 is 1.92 bits per heavy atom. The van der Waals surface area contributed by atoms with Crippen molar-refractivity contribution in [3.8, 4) is 0 Å². The van der Waals surface area contributed by atoms with Crippen LogP contribution in [0.1, 0.15) is 6.42 Å². The number of hydrogen-bond donors (Lipinski definition) is 2. The number of nitrogens with zero attached hydrogens (tertiary/aromatic N) is 4. The zero-order valence-corrected chi connectivity index (χ0v) is 13.8. The van der Waals surface area contributed by atoms with E-state index < -0.39 is 11.6 Å². The van der Waals surface area contributed by atoms with Gasteiger partial charge in [-0.05, 0) is 37.2 Å². The number of halogens is 2. The second kappa shape index (κ2) is 5.57. The molecule has 8 heteroatoms. The van der Waals surface area contributed by atoms with Crippen molar-refractivity contribution >= 4 is 28.4 Å². The fourth-order valence-corrected chi connectivity index (χ4v) is 3.50. The molecule has 0 bridgehead atoms. The van der Waals surface area contributed by atoms with E-state index in [4.69, 9.17) is 4.98 Å². The van der Waals surface area contributed by atoms with Crippen LogP contribution in [-0.4, -0.2) is 40.1 Å². The number of aromatic nitrogens is 3. The summed E-state index contributed by atoms with van der Waals surface area (Å²) in [6.45, 7) is 2.95. The molecule has 1 aromatic carbocycles. The SMILES string of the molecule is Fc1ccc(Nc2ncnc3ccc(N4CC5(CCN5)C4)nc23)cc1F. The first-order valence-electron chi connectivity index (χ1n) is 8.46. The zero-order valence-electron chi connectivity index (χ0n) is 13.8. The average Bonchev–Trinajstić information content (AvgIpc) is 2.56. The number of anilines is 3. The Balaban J connectivity index is 1.47. The molecule has 0 atom stereocenters. The molecule has 2 saturated heterocycles. The van der Waals surface area contributed by atoms with Crippen LogP contribution in [0.2, 0.25) is 0 Å². The third kappa shape index (κ3) is 2.45. The summed E-state index contributed by atoms with van der Waals surface area (Å²) in [6.07, 6.45) is 2.62. The van der Waals surface area contributed by atoms with Crippen LogP contribution >= 0.6 is 0 Å². The van der Waals surface area contributed by atoms with Gasteiger partial charge in [-0.3, -0.25) is 0 Å². The van der Waals surface area contributed by atoms with E-state index in [1.165, 1.54) is 18.8 Å². The molecule has 132 valence electrons. The van der Waals surface area contributed by atoms with Crippen LogP contribution < -0.4 is 15.5 Å². The van der Waals surface area contributed by atoms with Crippen molar-refractivity contribution in [3.05, 3.63) is 48.3 Å². The highest BCUT2D eigenvalue weighted by molar-refractivity contribution is 5.88. The summed E-state index contributed by atoms with van der Waals surface area (Å²) in [6, 6.07) is 7.47. The van der Waals surface area contributed by atoms with E-state index in [-0.39, 0.29) is 5.54 Å². The van der Waals surface area contributed by atoms with Crippen LogP contribution in [0.5, 0.6) is 0 Å². The molecule has 2 aliphatic heterocycles. The van der Waals surface area contributed by atoms with Gasteiger partial charge in [-0.2, -0.15) is 0 Å². The monoisotopic (exact) mass is 354 g/mol. The van der Waals surface area contributed by atoms with Crippen molar-refractivity contribution in [1.29, 1.82) is 0 Å². The Labute approximate surface area is 148 Å². The molecule has 5 rings (SSSR count). The molecule has 2 aliphatic rings. The second-order valence-electron chi connectivity index (χ2n) is 6.83. The molecule has 3 aromatic rings. The van der Waals surface area contributed by atoms with Gasteiger partial charge in [-0.25, -0.2) is 23.7 Å². The third-order valence-corrected chi connectivity index (χ3v) is 5.06. The average molecular weight is 354 g/mol. The molecular weight excluding hydrogens is 338 g/mol. The Kier molecular flexibility index (Phi) is 3.30. The Morgan fingerprint density at radius 3 is 2.65 bits per heavy atom. The van der Waals surface area contributed by atoms with E-state index in [9.17, 15) is 8.78 Å². The Bertz CT molecular complexity index is 996. The molecule has 0 radical (unpaired) electrons. The predicted octanol–water partition coefficient (Wildman–Crippen LogP) is 2.60. The molecule has 6 nitrogen and oxygen atoms in total. The minimum atomic E-state index is -0.916. The normalized spacial score (nSPS) is 17.8. The number of benzene rings is 1. The highest BCUT2D eigenvalue weighted by atomic mass is 19.2. The molecule has 2 aromatic heterocycles. The fourth-order valence-electron chi connectivity index (χ4n) is 3.50. The predicted molar refractivity (Wildman–Crippen MR) is 94.5 cm³/mol. The van der Waals surface area contributed by atoms with E-state index in [0.717, 1.165) is 37.6 Å². The molecule has 4 heterocycles. The summed E-state index contributed by atoms with van der Waals surface area (Å²) in [7, 11) is 0. The van der Waals surface area contributed by atoms with E-state index >= 15 is 0 Å². The lowest BCUT2D eigenvalue weighted by atomic mass is 9.80. The zero-order chi connectivity index (χ0) is 17.7. The molecule has 26 heavy (non-hydrogen) atoms. The van der Waals surface area contributed by atoms with Gasteiger partial charge in [-0.1, -0.05) is 0 Å². The minimum absolute atomic E-state index is 0.260. The van der Waals surface area contributed by atoms with E-state index in [1.807, 2.05) is 12.1 Å². The van der Waals surface area contributed by atoms with Gasteiger partial charge in [0, 0.05) is 24.8 Å². The quantitative estimate of drug-likeness (QED) is 0.754. The lowest BCUT2D eigenvalue weighted by molar-refractivity contribution is 0.159. The van der Waals surface area contributed by atoms with Crippen molar-refractivity contribution in [2.45, 2.75) is 12.0 Å². The van der Waals surface area contributed by atoms with Crippen LogP contribution in [0.3, 0.4) is 0 Å². The highest BCUT2D eigenvalue weighted by Gasteiger charge is 2.47. The molecule has 0 saturated carbocycles. The van der Waals surface area contributed by atoms with E-state index in [2.05, 4.69) is 25.5 Å². The summed E-state index contributed by atoms with van der Waals surface area (Å²) in [5.41, 5.74) is 1.94. The van der Waals surface area contributed by atoms with Gasteiger partial charge in [-0.15, -0.1) is 0 Å². The summed E-state index contributed by atoms with van der Waals surface area (Å²) in [5, 5.41) is 6.48. The third-order valence-electron chi connectivity index (χ3n) is 5.06. The fraction of sp³-hybridized carbons (Fsp3) is 0.278. The molecule has 2 fully saturated rings. The maximum Gasteiger partial charge on any atom is 0.160 e. The summed E-state index contributed by atoms with van der Waals surface area (Å²) < 4.78 is 26.6. The van der Waals surface area contributed by atoms with Gasteiger partial charge in [0.25, 0.3) is 0 Å². The van der Waals surface area contributed by atoms with Crippen molar-refractivity contribution in [3.63, 3.8) is 0 Å². The summed E-state index contributed by atoms with van der Waals surface area (Å²) in [5.74, 6) is -0.486. The van der Waals surface area contributed by atoms with Crippen molar-refractivity contribution in [2.24, 2.45) is 0 Å². The molecule has 0 unspecified atom stereocenters. The maximum atomic E-state index is 13.5. The topological polar surface area (TPSA) is 66.0 Å². The molecule has 2 N–H and O–H groups in total. The summed E-state index contributed by atoms with van der Waals surface area (Å²) in [4.78, 5) is 15.4. The van der Waals surface area contributed by atoms with Gasteiger partial charge >= 0.3 is 0 Å². The van der Waals surface area contributed by atoms with Gasteiger partial charge < -0.3 is 15.5 Å². The largest absolute Gasteiger partial charge is 0.353 e. The van der Waals surface area contributed by atoms with E-state index in [1.54, 1.807) is 0 Å². The molecular formula is C18H16F2N6. The van der Waals surface area contributed by atoms with Crippen LogP contribution in [0.25, 0.3) is 11.0 Å². The first-order valence-corrected chi connectivity index (χ1v) is 8.46. The van der Waals surface area contributed by atoms with Crippen LogP contribution in [-0.2, 0) is 0 Å². The second-order valence-corrected chi connectivity index (χ2v) is 6.83. The van der Waals surface area contributed by atoms with Crippen LogP contribution in [0.4, 0.5) is 26.1 Å². The van der Waals surface area contributed by atoms with Gasteiger partial charge in [0.1, 0.15) is 17.7 Å².